The van der Waals surface area contributed by atoms with E-state index in [0.29, 0.717) is 28.6 Å². The van der Waals surface area contributed by atoms with Gasteiger partial charge in [-0.25, -0.2) is 0 Å². The number of rotatable bonds is 12. The summed E-state index contributed by atoms with van der Waals surface area (Å²) in [6.07, 6.45) is 1.50. The van der Waals surface area contributed by atoms with Crippen molar-refractivity contribution in [3.63, 3.8) is 0 Å². The molecule has 0 aliphatic rings. The first-order valence-corrected chi connectivity index (χ1v) is 14.3. The van der Waals surface area contributed by atoms with Gasteiger partial charge in [0.2, 0.25) is 11.8 Å². The Morgan fingerprint density at radius 2 is 1.70 bits per heavy atom. The van der Waals surface area contributed by atoms with E-state index in [9.17, 15) is 9.59 Å². The van der Waals surface area contributed by atoms with E-state index < -0.39 is 6.04 Å². The number of amides is 2. The highest BCUT2D eigenvalue weighted by molar-refractivity contribution is 7.99. The van der Waals surface area contributed by atoms with Crippen molar-refractivity contribution in [1.82, 2.24) is 10.2 Å². The summed E-state index contributed by atoms with van der Waals surface area (Å²) in [6, 6.07) is 22.6. The van der Waals surface area contributed by atoms with E-state index in [1.807, 2.05) is 50.2 Å². The van der Waals surface area contributed by atoms with Crippen LogP contribution in [-0.4, -0.2) is 34.6 Å². The minimum atomic E-state index is -0.681. The molecular weight excluding hydrogens is 523 g/mol. The Kier molecular flexibility index (Phi) is 11.4. The number of aryl methyl sites for hydroxylation is 1. The highest BCUT2D eigenvalue weighted by Crippen LogP contribution is 2.25. The van der Waals surface area contributed by atoms with Crippen LogP contribution in [0.4, 0.5) is 0 Å². The van der Waals surface area contributed by atoms with Crippen LogP contribution in [-0.2, 0) is 22.6 Å². The van der Waals surface area contributed by atoms with Gasteiger partial charge in [0.15, 0.2) is 0 Å². The van der Waals surface area contributed by atoms with Crippen LogP contribution in [0.1, 0.15) is 43.4 Å². The summed E-state index contributed by atoms with van der Waals surface area (Å²) in [7, 11) is 0. The molecule has 1 N–H and O–H groups in total. The minimum absolute atomic E-state index is 0.000983. The Morgan fingerprint density at radius 1 is 1.00 bits per heavy atom. The van der Waals surface area contributed by atoms with Crippen LogP contribution in [0.15, 0.2) is 77.7 Å². The van der Waals surface area contributed by atoms with Gasteiger partial charge >= 0.3 is 0 Å². The first kappa shape index (κ1) is 29.1. The molecule has 0 saturated carbocycles. The molecule has 0 radical (unpaired) electrons. The van der Waals surface area contributed by atoms with Crippen LogP contribution in [0.2, 0.25) is 10.0 Å². The molecule has 3 aromatic carbocycles. The van der Waals surface area contributed by atoms with Crippen molar-refractivity contribution >= 4 is 46.8 Å². The van der Waals surface area contributed by atoms with Crippen LogP contribution in [0.3, 0.4) is 0 Å². The van der Waals surface area contributed by atoms with Gasteiger partial charge in [-0.05, 0) is 55.7 Å². The second-order valence-electron chi connectivity index (χ2n) is 9.19. The second kappa shape index (κ2) is 14.5. The lowest BCUT2D eigenvalue weighted by molar-refractivity contribution is -0.141. The van der Waals surface area contributed by atoms with Gasteiger partial charge in [-0.15, -0.1) is 11.8 Å². The number of nitrogens with one attached hydrogen (secondary N) is 1. The van der Waals surface area contributed by atoms with E-state index in [1.54, 1.807) is 28.8 Å². The molecular formula is C30H34Cl2N2O2S. The van der Waals surface area contributed by atoms with Gasteiger partial charge in [-0.1, -0.05) is 84.2 Å². The van der Waals surface area contributed by atoms with Gasteiger partial charge in [0.25, 0.3) is 0 Å². The SMILES string of the molecule is CCC(C)NC(=O)C(Cc1ccccc1)N(Cc1ccc(Cl)cc1Cl)C(=O)CCSc1ccc(C)cc1. The zero-order valence-corrected chi connectivity index (χ0v) is 23.9. The molecule has 37 heavy (non-hydrogen) atoms. The molecule has 2 amide bonds. The van der Waals surface area contributed by atoms with E-state index in [-0.39, 0.29) is 24.4 Å². The molecule has 0 heterocycles. The number of hydrogen-bond acceptors (Lipinski definition) is 3. The Balaban J connectivity index is 1.88. The fourth-order valence-corrected chi connectivity index (χ4v) is 5.17. The number of nitrogens with zero attached hydrogens (tertiary/aromatic N) is 1. The number of thioether (sulfide) groups is 1. The number of carbonyl (C=O) groups excluding carboxylic acids is 2. The lowest BCUT2D eigenvalue weighted by Gasteiger charge is -2.32. The number of halogens is 2. The second-order valence-corrected chi connectivity index (χ2v) is 11.2. The molecule has 3 aromatic rings. The molecule has 0 saturated heterocycles. The first-order chi connectivity index (χ1) is 17.8. The zero-order valence-electron chi connectivity index (χ0n) is 21.5. The number of hydrogen-bond donors (Lipinski definition) is 1. The lowest BCUT2D eigenvalue weighted by Crippen LogP contribution is -2.52. The summed E-state index contributed by atoms with van der Waals surface area (Å²) in [4.78, 5) is 30.1. The van der Waals surface area contributed by atoms with Crippen molar-refractivity contribution in [3.05, 3.63) is 99.5 Å². The van der Waals surface area contributed by atoms with Crippen LogP contribution in [0.5, 0.6) is 0 Å². The summed E-state index contributed by atoms with van der Waals surface area (Å²) in [5.41, 5.74) is 2.93. The maximum absolute atomic E-state index is 13.7. The average molecular weight is 558 g/mol. The third-order valence-electron chi connectivity index (χ3n) is 6.23. The maximum atomic E-state index is 13.7. The number of benzene rings is 3. The molecule has 2 atom stereocenters. The normalized spacial score (nSPS) is 12.6. The van der Waals surface area contributed by atoms with Gasteiger partial charge in [-0.3, -0.25) is 9.59 Å². The smallest absolute Gasteiger partial charge is 0.243 e. The molecule has 0 fully saturated rings. The van der Waals surface area contributed by atoms with Gasteiger partial charge in [0.1, 0.15) is 6.04 Å². The molecule has 196 valence electrons. The maximum Gasteiger partial charge on any atom is 0.243 e. The van der Waals surface area contributed by atoms with E-state index in [0.717, 1.165) is 22.4 Å². The van der Waals surface area contributed by atoms with Crippen molar-refractivity contribution in [3.8, 4) is 0 Å². The van der Waals surface area contributed by atoms with E-state index in [1.165, 1.54) is 5.56 Å². The first-order valence-electron chi connectivity index (χ1n) is 12.5. The van der Waals surface area contributed by atoms with Crippen molar-refractivity contribution in [1.29, 1.82) is 0 Å². The Bertz CT molecular complexity index is 1170. The van der Waals surface area contributed by atoms with Crippen molar-refractivity contribution in [2.45, 2.75) is 63.6 Å². The van der Waals surface area contributed by atoms with Gasteiger partial charge in [-0.2, -0.15) is 0 Å². The van der Waals surface area contributed by atoms with Gasteiger partial charge < -0.3 is 10.2 Å². The zero-order chi connectivity index (χ0) is 26.8. The molecule has 0 aliphatic heterocycles. The topological polar surface area (TPSA) is 49.4 Å². The summed E-state index contributed by atoms with van der Waals surface area (Å²) in [5.74, 6) is 0.353. The predicted molar refractivity (Wildman–Crippen MR) is 155 cm³/mol. The van der Waals surface area contributed by atoms with Crippen LogP contribution in [0, 0.1) is 6.92 Å². The van der Waals surface area contributed by atoms with Crippen molar-refractivity contribution < 1.29 is 9.59 Å². The molecule has 3 rings (SSSR count). The molecule has 4 nitrogen and oxygen atoms in total. The number of carbonyl (C=O) groups is 2. The van der Waals surface area contributed by atoms with Crippen molar-refractivity contribution in [2.24, 2.45) is 0 Å². The fraction of sp³-hybridized carbons (Fsp3) is 0.333. The summed E-state index contributed by atoms with van der Waals surface area (Å²) >= 11 is 14.2. The minimum Gasteiger partial charge on any atom is -0.352 e. The monoisotopic (exact) mass is 556 g/mol. The molecule has 0 bridgehead atoms. The average Bonchev–Trinajstić information content (AvgIpc) is 2.88. The molecule has 0 aromatic heterocycles. The summed E-state index contributed by atoms with van der Waals surface area (Å²) in [6.45, 7) is 6.26. The lowest BCUT2D eigenvalue weighted by atomic mass is 10.0. The predicted octanol–water partition coefficient (Wildman–Crippen LogP) is 7.34. The van der Waals surface area contributed by atoms with E-state index in [2.05, 4.69) is 36.5 Å². The molecule has 0 spiro atoms. The standard InChI is InChI=1S/C30H34Cl2N2O2S/c1-4-22(3)33-30(36)28(18-23-8-6-5-7-9-23)34(20-24-12-13-25(31)19-27(24)32)29(35)16-17-37-26-14-10-21(2)11-15-26/h5-15,19,22,28H,4,16-18,20H2,1-3H3,(H,33,36). The van der Waals surface area contributed by atoms with Gasteiger partial charge in [0.05, 0.1) is 0 Å². The highest BCUT2D eigenvalue weighted by atomic mass is 35.5. The quantitative estimate of drug-likeness (QED) is 0.237. The Labute approximate surface area is 234 Å². The summed E-state index contributed by atoms with van der Waals surface area (Å²) in [5, 5.41) is 4.09. The van der Waals surface area contributed by atoms with Crippen LogP contribution < -0.4 is 5.32 Å². The highest BCUT2D eigenvalue weighted by Gasteiger charge is 2.31. The van der Waals surface area contributed by atoms with Crippen LogP contribution >= 0.6 is 35.0 Å². The molecule has 2 unspecified atom stereocenters. The van der Waals surface area contributed by atoms with E-state index in [4.69, 9.17) is 23.2 Å². The molecule has 7 heteroatoms. The Hall–Kier alpha value is -2.47. The van der Waals surface area contributed by atoms with Crippen molar-refractivity contribution in [2.75, 3.05) is 5.75 Å². The largest absolute Gasteiger partial charge is 0.352 e. The third kappa shape index (κ3) is 9.10. The van der Waals surface area contributed by atoms with E-state index >= 15 is 0 Å². The molecule has 0 aliphatic carbocycles. The van der Waals surface area contributed by atoms with Crippen LogP contribution in [0.25, 0.3) is 0 Å². The van der Waals surface area contributed by atoms with Gasteiger partial charge in [0, 0.05) is 46.1 Å². The fourth-order valence-electron chi connectivity index (χ4n) is 3.86. The Morgan fingerprint density at radius 3 is 2.35 bits per heavy atom. The summed E-state index contributed by atoms with van der Waals surface area (Å²) < 4.78 is 0. The third-order valence-corrected chi connectivity index (χ3v) is 7.83.